The van der Waals surface area contributed by atoms with Crippen LogP contribution < -0.4 is 5.73 Å². The number of aryl methyl sites for hydroxylation is 1. The standard InChI is InChI=1S/C15H14N2O/c1-10-3-2-4-12(7-10)15-17-13-8-11(9-16)5-6-14(13)18-15/h2-8H,9,16H2,1H3. The Kier molecular flexibility index (Phi) is 2.61. The maximum atomic E-state index is 5.76. The molecule has 0 unspecified atom stereocenters. The van der Waals surface area contributed by atoms with Crippen molar-refractivity contribution in [3.8, 4) is 11.5 Å². The van der Waals surface area contributed by atoms with Crippen LogP contribution in [0.1, 0.15) is 11.1 Å². The van der Waals surface area contributed by atoms with Gasteiger partial charge in [0.15, 0.2) is 5.58 Å². The molecule has 0 saturated carbocycles. The normalized spacial score (nSPS) is 11.0. The fourth-order valence-electron chi connectivity index (χ4n) is 2.00. The number of oxazole rings is 1. The molecule has 0 amide bonds. The molecule has 90 valence electrons. The van der Waals surface area contributed by atoms with E-state index in [0.29, 0.717) is 12.4 Å². The molecule has 0 bridgehead atoms. The van der Waals surface area contributed by atoms with E-state index in [4.69, 9.17) is 10.2 Å². The number of fused-ring (bicyclic) bond motifs is 1. The van der Waals surface area contributed by atoms with E-state index in [9.17, 15) is 0 Å². The van der Waals surface area contributed by atoms with Crippen LogP contribution in [0.4, 0.5) is 0 Å². The number of nitrogens with zero attached hydrogens (tertiary/aromatic N) is 1. The molecule has 0 saturated heterocycles. The van der Waals surface area contributed by atoms with Crippen molar-refractivity contribution < 1.29 is 4.42 Å². The van der Waals surface area contributed by atoms with Gasteiger partial charge in [-0.1, -0.05) is 23.8 Å². The Morgan fingerprint density at radius 2 is 2.06 bits per heavy atom. The largest absolute Gasteiger partial charge is 0.436 e. The van der Waals surface area contributed by atoms with E-state index in [1.165, 1.54) is 5.56 Å². The fourth-order valence-corrected chi connectivity index (χ4v) is 2.00. The molecule has 1 aromatic heterocycles. The van der Waals surface area contributed by atoms with Gasteiger partial charge in [0.05, 0.1) is 0 Å². The molecule has 0 atom stereocenters. The molecule has 0 radical (unpaired) electrons. The average molecular weight is 238 g/mol. The lowest BCUT2D eigenvalue weighted by molar-refractivity contribution is 0.619. The minimum atomic E-state index is 0.516. The van der Waals surface area contributed by atoms with Crippen LogP contribution in [0.3, 0.4) is 0 Å². The Morgan fingerprint density at radius 3 is 2.83 bits per heavy atom. The SMILES string of the molecule is Cc1cccc(-c2nc3cc(CN)ccc3o2)c1. The zero-order chi connectivity index (χ0) is 12.5. The van der Waals surface area contributed by atoms with Gasteiger partial charge >= 0.3 is 0 Å². The molecule has 3 rings (SSSR count). The molecular formula is C15H14N2O. The quantitative estimate of drug-likeness (QED) is 0.745. The van der Waals surface area contributed by atoms with Crippen LogP contribution in [0.25, 0.3) is 22.6 Å². The van der Waals surface area contributed by atoms with E-state index in [2.05, 4.69) is 24.0 Å². The zero-order valence-electron chi connectivity index (χ0n) is 10.2. The summed E-state index contributed by atoms with van der Waals surface area (Å²) in [6, 6.07) is 14.0. The summed E-state index contributed by atoms with van der Waals surface area (Å²) in [6.45, 7) is 2.57. The maximum absolute atomic E-state index is 5.76. The molecule has 1 heterocycles. The second kappa shape index (κ2) is 4.27. The third-order valence-corrected chi connectivity index (χ3v) is 2.95. The lowest BCUT2D eigenvalue weighted by Crippen LogP contribution is -1.94. The third kappa shape index (κ3) is 1.89. The summed E-state index contributed by atoms with van der Waals surface area (Å²) < 4.78 is 5.76. The summed E-state index contributed by atoms with van der Waals surface area (Å²) in [5.41, 5.74) is 10.5. The van der Waals surface area contributed by atoms with Gasteiger partial charge < -0.3 is 10.2 Å². The van der Waals surface area contributed by atoms with Crippen LogP contribution in [0.5, 0.6) is 0 Å². The molecular weight excluding hydrogens is 224 g/mol. The van der Waals surface area contributed by atoms with Gasteiger partial charge in [-0.2, -0.15) is 0 Å². The van der Waals surface area contributed by atoms with Gasteiger partial charge in [-0.3, -0.25) is 0 Å². The van der Waals surface area contributed by atoms with Crippen molar-refractivity contribution in [2.75, 3.05) is 0 Å². The van der Waals surface area contributed by atoms with Crippen LogP contribution in [0.2, 0.25) is 0 Å². The molecule has 0 fully saturated rings. The van der Waals surface area contributed by atoms with Crippen LogP contribution in [-0.4, -0.2) is 4.98 Å². The first-order valence-electron chi connectivity index (χ1n) is 5.93. The van der Waals surface area contributed by atoms with Gasteiger partial charge in [0, 0.05) is 12.1 Å². The maximum Gasteiger partial charge on any atom is 0.227 e. The van der Waals surface area contributed by atoms with E-state index >= 15 is 0 Å². The number of nitrogens with two attached hydrogens (primary N) is 1. The molecule has 3 nitrogen and oxygen atoms in total. The lowest BCUT2D eigenvalue weighted by Gasteiger charge is -1.95. The Bertz CT molecular complexity index is 701. The first kappa shape index (κ1) is 11.0. The molecule has 0 aliphatic heterocycles. The molecule has 0 spiro atoms. The summed E-state index contributed by atoms with van der Waals surface area (Å²) in [5.74, 6) is 0.655. The first-order valence-corrected chi connectivity index (χ1v) is 5.93. The van der Waals surface area contributed by atoms with Crippen molar-refractivity contribution >= 4 is 11.1 Å². The van der Waals surface area contributed by atoms with Crippen molar-refractivity contribution in [1.82, 2.24) is 4.98 Å². The summed E-state index contributed by atoms with van der Waals surface area (Å²) in [4.78, 5) is 4.51. The van der Waals surface area contributed by atoms with E-state index in [0.717, 1.165) is 22.2 Å². The van der Waals surface area contributed by atoms with Gasteiger partial charge in [-0.15, -0.1) is 0 Å². The number of rotatable bonds is 2. The van der Waals surface area contributed by atoms with E-state index in [1.54, 1.807) is 0 Å². The lowest BCUT2D eigenvalue weighted by atomic mass is 10.1. The second-order valence-electron chi connectivity index (χ2n) is 4.39. The molecule has 18 heavy (non-hydrogen) atoms. The number of hydrogen-bond donors (Lipinski definition) is 1. The summed E-state index contributed by atoms with van der Waals surface area (Å²) in [6.07, 6.45) is 0. The Morgan fingerprint density at radius 1 is 1.17 bits per heavy atom. The van der Waals surface area contributed by atoms with Crippen molar-refractivity contribution in [1.29, 1.82) is 0 Å². The number of aromatic nitrogens is 1. The van der Waals surface area contributed by atoms with Crippen molar-refractivity contribution in [3.05, 3.63) is 53.6 Å². The smallest absolute Gasteiger partial charge is 0.227 e. The van der Waals surface area contributed by atoms with E-state index in [-0.39, 0.29) is 0 Å². The highest BCUT2D eigenvalue weighted by molar-refractivity contribution is 5.77. The van der Waals surface area contributed by atoms with Gasteiger partial charge in [-0.25, -0.2) is 4.98 Å². The molecule has 2 N–H and O–H groups in total. The Labute approximate surface area is 105 Å². The summed E-state index contributed by atoms with van der Waals surface area (Å²) in [5, 5.41) is 0. The van der Waals surface area contributed by atoms with Crippen LogP contribution in [0.15, 0.2) is 46.9 Å². The monoisotopic (exact) mass is 238 g/mol. The molecule has 3 aromatic rings. The van der Waals surface area contributed by atoms with Gasteiger partial charge in [0.25, 0.3) is 0 Å². The highest BCUT2D eigenvalue weighted by Crippen LogP contribution is 2.25. The minimum Gasteiger partial charge on any atom is -0.436 e. The van der Waals surface area contributed by atoms with E-state index in [1.807, 2.05) is 30.3 Å². The first-order chi connectivity index (χ1) is 8.76. The topological polar surface area (TPSA) is 52.0 Å². The van der Waals surface area contributed by atoms with Gasteiger partial charge in [0.1, 0.15) is 5.52 Å². The summed E-state index contributed by atoms with van der Waals surface area (Å²) >= 11 is 0. The minimum absolute atomic E-state index is 0.516. The van der Waals surface area contributed by atoms with Gasteiger partial charge in [0.2, 0.25) is 5.89 Å². The van der Waals surface area contributed by atoms with Crippen LogP contribution >= 0.6 is 0 Å². The summed E-state index contributed by atoms with van der Waals surface area (Å²) in [7, 11) is 0. The average Bonchev–Trinajstić information content (AvgIpc) is 2.81. The van der Waals surface area contributed by atoms with Crippen molar-refractivity contribution in [2.45, 2.75) is 13.5 Å². The van der Waals surface area contributed by atoms with Crippen LogP contribution in [-0.2, 0) is 6.54 Å². The van der Waals surface area contributed by atoms with Crippen molar-refractivity contribution in [3.63, 3.8) is 0 Å². The Hall–Kier alpha value is -2.13. The van der Waals surface area contributed by atoms with Crippen molar-refractivity contribution in [2.24, 2.45) is 5.73 Å². The Balaban J connectivity index is 2.13. The predicted molar refractivity (Wildman–Crippen MR) is 72.1 cm³/mol. The molecule has 0 aliphatic carbocycles. The molecule has 2 aromatic carbocycles. The number of benzene rings is 2. The van der Waals surface area contributed by atoms with Gasteiger partial charge in [-0.05, 0) is 36.8 Å². The third-order valence-electron chi connectivity index (χ3n) is 2.95. The molecule has 3 heteroatoms. The van der Waals surface area contributed by atoms with E-state index < -0.39 is 0 Å². The fraction of sp³-hybridized carbons (Fsp3) is 0.133. The van der Waals surface area contributed by atoms with Crippen LogP contribution in [0, 0.1) is 6.92 Å². The number of hydrogen-bond acceptors (Lipinski definition) is 3. The highest BCUT2D eigenvalue weighted by Gasteiger charge is 2.08. The zero-order valence-corrected chi connectivity index (χ0v) is 10.2. The predicted octanol–water partition coefficient (Wildman–Crippen LogP) is 3.26. The molecule has 0 aliphatic rings. The second-order valence-corrected chi connectivity index (χ2v) is 4.39. The highest BCUT2D eigenvalue weighted by atomic mass is 16.3.